The number of piperidine rings is 1. The SMILES string of the molecule is CC1=CC(O)CC(=O)Cc2nc(co2)C(=O)N2CCC=C2C(=O)OC(C(C)C)C(C)C=CC(=O)NCC=C1.CCC1NC(=O)C(NC(=O)c2ncccc2O)C(C)OC(=O)C(c2ccccc2)NC(=O)C2CC(=O)CCN2C(=O)C(Cc2ccccc2)N(C)C(=O)C2CCCN2C1=O. The van der Waals surface area contributed by atoms with Crippen LogP contribution in [-0.4, -0.2) is 192 Å². The van der Waals surface area contributed by atoms with E-state index in [1.165, 1.54) is 58.0 Å². The molecule has 10 unspecified atom stereocenters. The van der Waals surface area contributed by atoms with Crippen molar-refractivity contribution in [1.29, 1.82) is 0 Å². The van der Waals surface area contributed by atoms with Gasteiger partial charge in [-0.3, -0.25) is 47.9 Å². The molecule has 2 aromatic heterocycles. The van der Waals surface area contributed by atoms with E-state index >= 15 is 0 Å². The first kappa shape index (κ1) is 73.4. The van der Waals surface area contributed by atoms with Crippen LogP contribution < -0.4 is 21.3 Å². The lowest BCUT2D eigenvalue weighted by Crippen LogP contribution is -2.61. The van der Waals surface area contributed by atoms with E-state index in [0.717, 1.165) is 17.4 Å². The topological polar surface area (TPSA) is 364 Å². The minimum absolute atomic E-state index is 0.0315. The smallest absolute Gasteiger partial charge is 0.355 e. The van der Waals surface area contributed by atoms with Crippen molar-refractivity contribution in [2.45, 2.75) is 154 Å². The molecule has 98 heavy (non-hydrogen) atoms. The first-order chi connectivity index (χ1) is 46.8. The van der Waals surface area contributed by atoms with Crippen LogP contribution in [0, 0.1) is 11.8 Å². The number of likely N-dealkylation sites (N-methyl/N-ethyl adjacent to an activating group) is 1. The van der Waals surface area contributed by atoms with Crippen LogP contribution in [0.1, 0.15) is 131 Å². The number of aliphatic hydroxyl groups excluding tert-OH is 1. The lowest BCUT2D eigenvalue weighted by atomic mass is 9.94. The van der Waals surface area contributed by atoms with Crippen molar-refractivity contribution in [3.05, 3.63) is 161 Å². The molecule has 520 valence electrons. The van der Waals surface area contributed by atoms with Gasteiger partial charge in [-0.2, -0.15) is 0 Å². The van der Waals surface area contributed by atoms with Gasteiger partial charge in [-0.1, -0.05) is 124 Å². The molecule has 3 saturated heterocycles. The van der Waals surface area contributed by atoms with Crippen molar-refractivity contribution in [3.63, 3.8) is 0 Å². The number of aromatic nitrogens is 2. The molecule has 8 amide bonds. The second kappa shape index (κ2) is 34.0. The molecule has 2 aromatic carbocycles. The first-order valence-corrected chi connectivity index (χ1v) is 32.8. The maximum atomic E-state index is 14.8. The third-order valence-electron chi connectivity index (χ3n) is 17.4. The molecule has 6 N–H and O–H groups in total. The second-order valence-corrected chi connectivity index (χ2v) is 25.0. The highest BCUT2D eigenvalue weighted by Gasteiger charge is 2.46. The quantitative estimate of drug-likeness (QED) is 0.143. The summed E-state index contributed by atoms with van der Waals surface area (Å²) in [5.74, 6) is -8.36. The van der Waals surface area contributed by atoms with Crippen LogP contribution in [0.25, 0.3) is 0 Å². The van der Waals surface area contributed by atoms with Gasteiger partial charge in [0.1, 0.15) is 71.7 Å². The molecule has 7 heterocycles. The molecule has 27 heteroatoms. The van der Waals surface area contributed by atoms with E-state index in [2.05, 4.69) is 31.2 Å². The lowest BCUT2D eigenvalue weighted by Gasteiger charge is -2.40. The fraction of sp³-hybridized carbons (Fsp3) is 0.437. The Labute approximate surface area is 567 Å². The molecule has 4 aromatic rings. The second-order valence-electron chi connectivity index (χ2n) is 25.0. The number of benzene rings is 2. The van der Waals surface area contributed by atoms with E-state index in [0.29, 0.717) is 12.8 Å². The van der Waals surface area contributed by atoms with Gasteiger partial charge >= 0.3 is 11.9 Å². The van der Waals surface area contributed by atoms with Gasteiger partial charge in [0.15, 0.2) is 17.4 Å². The number of rotatable bonds is 7. The van der Waals surface area contributed by atoms with Gasteiger partial charge in [0.2, 0.25) is 41.3 Å². The average Bonchev–Trinajstić information content (AvgIpc) is 1.08. The number of fused-ring (bicyclic) bond motifs is 5. The number of allylic oxidation sites excluding steroid dienone is 2. The van der Waals surface area contributed by atoms with E-state index in [-0.39, 0.29) is 123 Å². The highest BCUT2D eigenvalue weighted by Crippen LogP contribution is 2.29. The number of Topliss-reactive ketones (excluding diaryl/α,β-unsaturated/α-hetero) is 2. The number of cyclic esters (lactones) is 2. The number of carbonyl (C=O) groups is 12. The fourth-order valence-electron chi connectivity index (χ4n) is 12.2. The maximum absolute atomic E-state index is 14.8. The molecule has 0 spiro atoms. The van der Waals surface area contributed by atoms with Crippen molar-refractivity contribution in [2.75, 3.05) is 33.2 Å². The lowest BCUT2D eigenvalue weighted by molar-refractivity contribution is -0.157. The molecule has 0 radical (unpaired) electrons. The van der Waals surface area contributed by atoms with Gasteiger partial charge in [-0.15, -0.1) is 0 Å². The normalized spacial score (nSPS) is 25.5. The third kappa shape index (κ3) is 18.8. The van der Waals surface area contributed by atoms with Gasteiger partial charge in [-0.25, -0.2) is 19.6 Å². The molecule has 5 aliphatic heterocycles. The summed E-state index contributed by atoms with van der Waals surface area (Å²) in [5.41, 5.74) is 1.37. The van der Waals surface area contributed by atoms with Crippen molar-refractivity contribution in [3.8, 4) is 5.75 Å². The number of oxazole rings is 1. The van der Waals surface area contributed by atoms with E-state index < -0.39 is 119 Å². The number of ketones is 2. The molecule has 27 nitrogen and oxygen atoms in total. The number of ether oxygens (including phenoxy) is 2. The molecule has 0 aliphatic carbocycles. The molecular formula is C71H84N10O17. The number of hydrogen-bond acceptors (Lipinski definition) is 19. The van der Waals surface area contributed by atoms with Gasteiger partial charge < -0.3 is 65.0 Å². The number of nitrogens with one attached hydrogen (secondary N) is 4. The monoisotopic (exact) mass is 1350 g/mol. The molecule has 10 atom stereocenters. The Balaban J connectivity index is 0.000000277. The van der Waals surface area contributed by atoms with Crippen LogP contribution >= 0.6 is 0 Å². The number of nitrogens with zero attached hydrogens (tertiary/aromatic N) is 6. The van der Waals surface area contributed by atoms with E-state index in [4.69, 9.17) is 13.9 Å². The molecular weight excluding hydrogens is 1260 g/mol. The van der Waals surface area contributed by atoms with E-state index in [1.54, 1.807) is 98.8 Å². The first-order valence-electron chi connectivity index (χ1n) is 32.8. The van der Waals surface area contributed by atoms with Crippen LogP contribution in [0.15, 0.2) is 137 Å². The Kier molecular flexibility index (Phi) is 25.4. The largest absolute Gasteiger partial charge is 0.505 e. The summed E-state index contributed by atoms with van der Waals surface area (Å²) >= 11 is 0. The Morgan fingerprint density at radius 1 is 0.806 bits per heavy atom. The molecule has 5 aliphatic rings. The fourth-order valence-corrected chi connectivity index (χ4v) is 12.2. The zero-order valence-corrected chi connectivity index (χ0v) is 55.8. The van der Waals surface area contributed by atoms with Crippen LogP contribution in [0.4, 0.5) is 0 Å². The summed E-state index contributed by atoms with van der Waals surface area (Å²) in [5, 5.41) is 31.2. The third-order valence-corrected chi connectivity index (χ3v) is 17.4. The number of esters is 2. The molecule has 3 fully saturated rings. The van der Waals surface area contributed by atoms with Crippen LogP contribution in [0.5, 0.6) is 5.75 Å². The summed E-state index contributed by atoms with van der Waals surface area (Å²) in [6.45, 7) is 11.0. The number of carbonyl (C=O) groups excluding carboxylic acids is 12. The zero-order chi connectivity index (χ0) is 70.9. The highest BCUT2D eigenvalue weighted by atomic mass is 16.6. The van der Waals surface area contributed by atoms with Crippen LogP contribution in [0.2, 0.25) is 0 Å². The van der Waals surface area contributed by atoms with Gasteiger partial charge in [-0.05, 0) is 74.8 Å². The van der Waals surface area contributed by atoms with Crippen molar-refractivity contribution in [2.24, 2.45) is 11.8 Å². The van der Waals surface area contributed by atoms with Crippen molar-refractivity contribution < 1.29 is 81.6 Å². The van der Waals surface area contributed by atoms with E-state index in [1.807, 2.05) is 26.8 Å². The standard InChI is InChI=1S/C43H49N7O10.C28H35N3O7/c1-4-29-40(56)49-21-12-17-30(49)41(57)48(3)32(23-26-13-7-5-8-14-26)42(58)50-22-19-28(51)24-31(50)37(53)47-35(27-15-9-6-10-16-27)43(59)60-25(2)34(38(54)45-29)46-39(55)36-33(52)18-11-20-44-36;1-17(2)26-19(4)9-10-24(34)29-11-5-7-18(3)13-20(32)14-21(33)15-25-30-22(16-37-25)27(35)31-12-6-8-23(31)28(36)38-26/h5-11,13-16,18,20,25,29-32,34-35,52H,4,12,17,19,21-24H2,1-3H3,(H,45,54)(H,46,55)(H,47,53);5,7-10,13,16-17,19-20,26,32H,6,11-12,14-15H2,1-4H3,(H,29,34). The van der Waals surface area contributed by atoms with Crippen LogP contribution in [-0.2, 0) is 70.3 Å². The number of aliphatic hydroxyl groups is 1. The summed E-state index contributed by atoms with van der Waals surface area (Å²) in [6.07, 6.45) is 9.72. The molecule has 9 rings (SSSR count). The van der Waals surface area contributed by atoms with Gasteiger partial charge in [0.05, 0.1) is 12.5 Å². The van der Waals surface area contributed by atoms with Gasteiger partial charge in [0.25, 0.3) is 11.8 Å². The summed E-state index contributed by atoms with van der Waals surface area (Å²) in [6, 6.07) is 11.7. The van der Waals surface area contributed by atoms with Crippen LogP contribution in [0.3, 0.4) is 0 Å². The molecule has 2 bridgehead atoms. The Hall–Kier alpha value is -10.4. The van der Waals surface area contributed by atoms with Gasteiger partial charge in [0, 0.05) is 71.0 Å². The Bertz CT molecular complexity index is 3750. The van der Waals surface area contributed by atoms with Crippen molar-refractivity contribution >= 4 is 70.8 Å². The highest BCUT2D eigenvalue weighted by molar-refractivity contribution is 6.02. The number of aromatic hydroxyl groups is 1. The average molecular weight is 1350 g/mol. The Morgan fingerprint density at radius 2 is 1.52 bits per heavy atom. The Morgan fingerprint density at radius 3 is 2.22 bits per heavy atom. The zero-order valence-electron chi connectivity index (χ0n) is 55.8. The summed E-state index contributed by atoms with van der Waals surface area (Å²) in [7, 11) is 1.47. The number of hydrogen-bond donors (Lipinski definition) is 6. The summed E-state index contributed by atoms with van der Waals surface area (Å²) < 4.78 is 17.0. The summed E-state index contributed by atoms with van der Waals surface area (Å²) in [4.78, 5) is 177. The van der Waals surface area contributed by atoms with E-state index in [9.17, 15) is 67.7 Å². The number of pyridine rings is 1. The predicted octanol–water partition coefficient (Wildman–Crippen LogP) is 3.86. The minimum Gasteiger partial charge on any atom is -0.505 e. The maximum Gasteiger partial charge on any atom is 0.355 e. The van der Waals surface area contributed by atoms with Crippen molar-refractivity contribution in [1.82, 2.24) is 50.8 Å². The minimum atomic E-state index is -1.68. The number of amides is 8. The molecule has 0 saturated carbocycles. The predicted molar refractivity (Wildman–Crippen MR) is 352 cm³/mol.